The predicted octanol–water partition coefficient (Wildman–Crippen LogP) is 9.01. The lowest BCUT2D eigenvalue weighted by Gasteiger charge is -2.24. The third kappa shape index (κ3) is 10.2. The van der Waals surface area contributed by atoms with E-state index in [-0.39, 0.29) is 5.41 Å². The van der Waals surface area contributed by atoms with Gasteiger partial charge in [0, 0.05) is 11.8 Å². The highest BCUT2D eigenvalue weighted by molar-refractivity contribution is 6.01. The lowest BCUT2D eigenvalue weighted by atomic mass is 9.86. The number of esters is 1. The number of nitrogens with zero attached hydrogens (tertiary/aromatic N) is 1. The number of fused-ring (bicyclic) bond motifs is 1. The first-order valence-electron chi connectivity index (χ1n) is 16.2. The van der Waals surface area contributed by atoms with Gasteiger partial charge in [0.25, 0.3) is 0 Å². The van der Waals surface area contributed by atoms with Gasteiger partial charge >= 0.3 is 18.2 Å². The highest BCUT2D eigenvalue weighted by atomic mass is 16.6. The maximum Gasteiger partial charge on any atom is 0.410 e. The minimum Gasteiger partial charge on any atom is -0.465 e. The number of methoxy groups -OCH3 is 1. The van der Waals surface area contributed by atoms with Crippen molar-refractivity contribution in [1.82, 2.24) is 10.6 Å². The molecule has 0 radical (unpaired) electrons. The van der Waals surface area contributed by atoms with E-state index in [0.717, 1.165) is 33.0 Å². The van der Waals surface area contributed by atoms with Crippen LogP contribution in [0.1, 0.15) is 83.8 Å². The van der Waals surface area contributed by atoms with Crippen LogP contribution in [-0.2, 0) is 19.6 Å². The molecule has 0 bridgehead atoms. The number of ether oxygens (including phenoxy) is 3. The van der Waals surface area contributed by atoms with E-state index in [0.29, 0.717) is 11.1 Å². The second kappa shape index (κ2) is 14.5. The number of hydrogen-bond donors (Lipinski definition) is 2. The summed E-state index contributed by atoms with van der Waals surface area (Å²) < 4.78 is 15.7. The van der Waals surface area contributed by atoms with Crippen molar-refractivity contribution in [2.24, 2.45) is 4.99 Å². The molecule has 0 aliphatic heterocycles. The molecule has 0 saturated heterocycles. The average molecular weight is 666 g/mol. The number of nitrogens with one attached hydrogen (secondary N) is 2. The second-order valence-corrected chi connectivity index (χ2v) is 14.8. The van der Waals surface area contributed by atoms with Crippen LogP contribution in [0.4, 0.5) is 9.59 Å². The largest absolute Gasteiger partial charge is 0.465 e. The number of benzene rings is 4. The third-order valence-electron chi connectivity index (χ3n) is 7.40. The molecule has 0 fully saturated rings. The molecule has 0 spiro atoms. The van der Waals surface area contributed by atoms with Crippen LogP contribution in [0.5, 0.6) is 0 Å². The summed E-state index contributed by atoms with van der Waals surface area (Å²) in [6.07, 6.45) is -1.33. The van der Waals surface area contributed by atoms with Gasteiger partial charge in [0.15, 0.2) is 0 Å². The number of rotatable bonds is 7. The van der Waals surface area contributed by atoms with Gasteiger partial charge < -0.3 is 14.2 Å². The highest BCUT2D eigenvalue weighted by Crippen LogP contribution is 2.34. The molecular weight excluding hydrogens is 618 g/mol. The van der Waals surface area contributed by atoms with Crippen LogP contribution in [0.3, 0.4) is 0 Å². The van der Waals surface area contributed by atoms with E-state index in [1.54, 1.807) is 53.7 Å². The fourth-order valence-electron chi connectivity index (χ4n) is 5.13. The first-order chi connectivity index (χ1) is 22.8. The molecule has 2 amide bonds. The molecule has 0 aliphatic carbocycles. The number of amides is 2. The zero-order valence-corrected chi connectivity index (χ0v) is 30.1. The molecule has 9 heteroatoms. The Hall–Kier alpha value is -5.18. The Bertz CT molecular complexity index is 1830. The Morgan fingerprint density at radius 2 is 1.29 bits per heavy atom. The van der Waals surface area contributed by atoms with Crippen molar-refractivity contribution in [3.8, 4) is 22.3 Å². The summed E-state index contributed by atoms with van der Waals surface area (Å²) >= 11 is 0. The maximum atomic E-state index is 12.7. The fourth-order valence-corrected chi connectivity index (χ4v) is 5.13. The molecule has 0 unspecified atom stereocenters. The SMILES string of the molecule is COC(=O)c1ccc(-c2ccc3c(-c4ccc(C(C)(C)C)cc4)cccc3c2)c(C=NC(NC(=O)OC(C)(C)C)NC(=O)OC(C)(C)C)c1. The van der Waals surface area contributed by atoms with E-state index < -0.39 is 35.6 Å². The number of hydrogen-bond acceptors (Lipinski definition) is 7. The Labute approximate surface area is 289 Å². The summed E-state index contributed by atoms with van der Waals surface area (Å²) in [6.45, 7) is 17.0. The van der Waals surface area contributed by atoms with E-state index >= 15 is 0 Å². The van der Waals surface area contributed by atoms with Gasteiger partial charge in [-0.1, -0.05) is 81.4 Å². The molecule has 0 heterocycles. The topological polar surface area (TPSA) is 115 Å². The normalized spacial score (nSPS) is 12.2. The number of carbonyl (C=O) groups excluding carboxylic acids is 3. The van der Waals surface area contributed by atoms with Crippen LogP contribution in [0.25, 0.3) is 33.0 Å². The van der Waals surface area contributed by atoms with Gasteiger partial charge in [0.05, 0.1) is 12.7 Å². The van der Waals surface area contributed by atoms with Gasteiger partial charge in [0.2, 0.25) is 6.29 Å². The van der Waals surface area contributed by atoms with Gasteiger partial charge in [-0.3, -0.25) is 10.6 Å². The molecule has 258 valence electrons. The van der Waals surface area contributed by atoms with Crippen LogP contribution in [-0.4, -0.2) is 49.0 Å². The summed E-state index contributed by atoms with van der Waals surface area (Å²) in [5.74, 6) is -0.517. The maximum absolute atomic E-state index is 12.7. The van der Waals surface area contributed by atoms with Crippen LogP contribution in [0, 0.1) is 0 Å². The smallest absolute Gasteiger partial charge is 0.410 e. The Morgan fingerprint density at radius 1 is 0.694 bits per heavy atom. The Kier molecular flexibility index (Phi) is 10.9. The van der Waals surface area contributed by atoms with Crippen molar-refractivity contribution in [3.05, 3.63) is 95.6 Å². The second-order valence-electron chi connectivity index (χ2n) is 14.8. The molecule has 0 atom stereocenters. The molecule has 0 aromatic heterocycles. The van der Waals surface area contributed by atoms with Crippen molar-refractivity contribution in [3.63, 3.8) is 0 Å². The van der Waals surface area contributed by atoms with Crippen molar-refractivity contribution in [1.29, 1.82) is 0 Å². The first-order valence-corrected chi connectivity index (χ1v) is 16.2. The molecule has 0 aliphatic rings. The third-order valence-corrected chi connectivity index (χ3v) is 7.40. The number of carbonyl (C=O) groups is 3. The van der Waals surface area contributed by atoms with E-state index in [1.165, 1.54) is 18.9 Å². The minimum atomic E-state index is -1.25. The van der Waals surface area contributed by atoms with Gasteiger partial charge in [-0.15, -0.1) is 0 Å². The summed E-state index contributed by atoms with van der Waals surface area (Å²) in [5, 5.41) is 7.26. The fraction of sp³-hybridized carbons (Fsp3) is 0.350. The van der Waals surface area contributed by atoms with E-state index in [9.17, 15) is 14.4 Å². The first kappa shape index (κ1) is 36.7. The van der Waals surface area contributed by atoms with Crippen LogP contribution >= 0.6 is 0 Å². The van der Waals surface area contributed by atoms with Crippen molar-refractivity contribution >= 4 is 35.1 Å². The van der Waals surface area contributed by atoms with Crippen molar-refractivity contribution in [2.45, 2.75) is 85.2 Å². The van der Waals surface area contributed by atoms with Crippen LogP contribution in [0.2, 0.25) is 0 Å². The van der Waals surface area contributed by atoms with Crippen molar-refractivity contribution in [2.75, 3.05) is 7.11 Å². The van der Waals surface area contributed by atoms with Crippen molar-refractivity contribution < 1.29 is 28.6 Å². The number of aliphatic imine (C=N–C) groups is 1. The molecule has 2 N–H and O–H groups in total. The van der Waals surface area contributed by atoms with Gasteiger partial charge in [-0.2, -0.15) is 0 Å². The summed E-state index contributed by atoms with van der Waals surface area (Å²) in [6, 6.07) is 26.3. The van der Waals surface area contributed by atoms with E-state index in [2.05, 4.69) is 84.9 Å². The predicted molar refractivity (Wildman–Crippen MR) is 195 cm³/mol. The minimum absolute atomic E-state index is 0.0637. The Balaban J connectivity index is 1.75. The standard InChI is InChI=1S/C40H47N3O6/c1-38(2,3)30-18-14-25(15-19-30)32-13-11-12-26-22-27(16-21-33(26)32)31-20-17-28(34(44)47-10)23-29(31)24-41-35(42-36(45)48-39(4,5)6)43-37(46)49-40(7,8)9/h11-24,35H,1-10H3,(H,42,45)(H,43,46). The van der Waals surface area contributed by atoms with Crippen LogP contribution in [0.15, 0.2) is 83.9 Å². The summed E-state index contributed by atoms with van der Waals surface area (Å²) in [4.78, 5) is 42.3. The van der Waals surface area contributed by atoms with Crippen LogP contribution < -0.4 is 10.6 Å². The Morgan fingerprint density at radius 3 is 1.84 bits per heavy atom. The van der Waals surface area contributed by atoms with E-state index in [1.807, 2.05) is 18.2 Å². The summed E-state index contributed by atoms with van der Waals surface area (Å²) in [7, 11) is 1.31. The zero-order chi connectivity index (χ0) is 36.1. The van der Waals surface area contributed by atoms with Gasteiger partial charge in [0.1, 0.15) is 11.2 Å². The molecule has 4 rings (SSSR count). The zero-order valence-electron chi connectivity index (χ0n) is 30.1. The molecule has 0 saturated carbocycles. The number of alkyl carbamates (subject to hydrolysis) is 2. The van der Waals surface area contributed by atoms with Gasteiger partial charge in [-0.25, -0.2) is 19.4 Å². The average Bonchev–Trinajstić information content (AvgIpc) is 3.00. The molecule has 49 heavy (non-hydrogen) atoms. The molecular formula is C40H47N3O6. The monoisotopic (exact) mass is 665 g/mol. The molecule has 4 aromatic rings. The molecule has 4 aromatic carbocycles. The molecule has 9 nitrogen and oxygen atoms in total. The lowest BCUT2D eigenvalue weighted by molar-refractivity contribution is 0.0429. The highest BCUT2D eigenvalue weighted by Gasteiger charge is 2.23. The lowest BCUT2D eigenvalue weighted by Crippen LogP contribution is -2.49. The van der Waals surface area contributed by atoms with Gasteiger partial charge in [-0.05, 0) is 104 Å². The van der Waals surface area contributed by atoms with E-state index in [4.69, 9.17) is 14.2 Å². The quantitative estimate of drug-likeness (QED) is 0.0881. The summed E-state index contributed by atoms with van der Waals surface area (Å²) in [5.41, 5.74) is 4.54.